The molecule has 7 nitrogen and oxygen atoms in total. The van der Waals surface area contributed by atoms with E-state index in [-0.39, 0.29) is 24.8 Å². The number of hydrogen-bond donors (Lipinski definition) is 2. The molecule has 0 saturated carbocycles. The molecule has 0 unspecified atom stereocenters. The molecule has 0 amide bonds. The van der Waals surface area contributed by atoms with Gasteiger partial charge < -0.3 is 21.8 Å². The highest BCUT2D eigenvalue weighted by atomic mass is 16.7. The van der Waals surface area contributed by atoms with Crippen LogP contribution in [0, 0.1) is 10.1 Å². The van der Waals surface area contributed by atoms with Gasteiger partial charge in [0.05, 0.1) is 16.6 Å². The molecule has 0 atom stereocenters. The van der Waals surface area contributed by atoms with Crippen molar-refractivity contribution in [3.63, 3.8) is 0 Å². The first-order valence-corrected chi connectivity index (χ1v) is 4.16. The van der Waals surface area contributed by atoms with E-state index in [4.69, 9.17) is 9.47 Å². The topological polar surface area (TPSA) is 132 Å². The highest BCUT2D eigenvalue weighted by molar-refractivity contribution is 5.66. The third-order valence-corrected chi connectivity index (χ3v) is 1.98. The number of nitrogens with zero attached hydrogens (tertiary/aromatic N) is 1. The summed E-state index contributed by atoms with van der Waals surface area (Å²) >= 11 is 0. The zero-order chi connectivity index (χ0) is 10.8. The molecule has 7 heteroatoms. The summed E-state index contributed by atoms with van der Waals surface area (Å²) in [5, 5.41) is 10.7. The highest BCUT2D eigenvalue weighted by Gasteiger charge is 2.21. The molecule has 0 aliphatic carbocycles. The molecule has 0 saturated heterocycles. The van der Waals surface area contributed by atoms with Crippen molar-refractivity contribution in [2.45, 2.75) is 0 Å². The normalized spacial score (nSPS) is 10.6. The first-order chi connectivity index (χ1) is 7.22. The third kappa shape index (κ3) is 2.61. The van der Waals surface area contributed by atoms with Gasteiger partial charge in [-0.2, -0.15) is 0 Å². The van der Waals surface area contributed by atoms with E-state index in [0.717, 1.165) is 0 Å². The smallest absolute Gasteiger partial charge is 0.281 e. The second-order valence-corrected chi connectivity index (χ2v) is 2.87. The summed E-state index contributed by atoms with van der Waals surface area (Å²) in [6, 6.07) is 2.88. The van der Waals surface area contributed by atoms with Crippen LogP contribution in [-0.2, 0) is 0 Å². The molecule has 1 aromatic carbocycles. The van der Waals surface area contributed by atoms with Gasteiger partial charge >= 0.3 is 0 Å². The van der Waals surface area contributed by atoms with Gasteiger partial charge in [-0.15, -0.1) is 5.73 Å². The number of ether oxygens (including phenoxy) is 2. The van der Waals surface area contributed by atoms with Crippen LogP contribution in [0.1, 0.15) is 5.56 Å². The molecule has 92 valence electrons. The van der Waals surface area contributed by atoms with E-state index in [9.17, 15) is 10.1 Å². The van der Waals surface area contributed by atoms with Gasteiger partial charge in [-0.05, 0) is 12.1 Å². The van der Waals surface area contributed by atoms with Gasteiger partial charge in [-0.3, -0.25) is 10.1 Å². The number of hydrogen-bond acceptors (Lipinski definition) is 6. The van der Waals surface area contributed by atoms with Crippen molar-refractivity contribution < 1.29 is 14.4 Å². The van der Waals surface area contributed by atoms with Crippen LogP contribution in [-0.4, -0.2) is 11.7 Å². The third-order valence-electron chi connectivity index (χ3n) is 1.98. The van der Waals surface area contributed by atoms with Gasteiger partial charge in [-0.1, -0.05) is 6.58 Å². The SMILES string of the molecule is C=C=Cc1cc2c(cc1[N+](=O)[O-])OCO2.N.N. The summed E-state index contributed by atoms with van der Waals surface area (Å²) in [4.78, 5) is 10.3. The minimum atomic E-state index is -0.481. The Balaban J connectivity index is 0.00000128. The molecule has 0 fully saturated rings. The van der Waals surface area contributed by atoms with Crippen LogP contribution in [0.25, 0.3) is 6.08 Å². The lowest BCUT2D eigenvalue weighted by Gasteiger charge is -1.99. The molecule has 1 aliphatic heterocycles. The van der Waals surface area contributed by atoms with Crippen molar-refractivity contribution in [2.75, 3.05) is 6.79 Å². The lowest BCUT2D eigenvalue weighted by atomic mass is 10.1. The van der Waals surface area contributed by atoms with Crippen LogP contribution in [0.4, 0.5) is 5.69 Å². The maximum atomic E-state index is 10.7. The maximum Gasteiger partial charge on any atom is 0.281 e. The predicted molar refractivity (Wildman–Crippen MR) is 62.9 cm³/mol. The highest BCUT2D eigenvalue weighted by Crippen LogP contribution is 2.38. The Morgan fingerprint density at radius 1 is 1.35 bits per heavy atom. The van der Waals surface area contributed by atoms with Crippen molar-refractivity contribution in [3.8, 4) is 11.5 Å². The Kier molecular flexibility index (Phi) is 4.88. The van der Waals surface area contributed by atoms with Crippen molar-refractivity contribution in [3.05, 3.63) is 40.1 Å². The van der Waals surface area contributed by atoms with Crippen molar-refractivity contribution in [1.29, 1.82) is 0 Å². The molecule has 1 aromatic rings. The Morgan fingerprint density at radius 3 is 2.47 bits per heavy atom. The maximum absolute atomic E-state index is 10.7. The lowest BCUT2D eigenvalue weighted by Crippen LogP contribution is -1.93. The summed E-state index contributed by atoms with van der Waals surface area (Å²) < 4.78 is 10.2. The van der Waals surface area contributed by atoms with Gasteiger partial charge in [0.15, 0.2) is 11.5 Å². The molecule has 6 N–H and O–H groups in total. The molecular weight excluding hydrogens is 226 g/mol. The van der Waals surface area contributed by atoms with E-state index in [1.54, 1.807) is 6.07 Å². The van der Waals surface area contributed by atoms with E-state index in [1.807, 2.05) is 0 Å². The van der Waals surface area contributed by atoms with E-state index in [2.05, 4.69) is 12.3 Å². The average molecular weight is 239 g/mol. The van der Waals surface area contributed by atoms with E-state index >= 15 is 0 Å². The second-order valence-electron chi connectivity index (χ2n) is 2.87. The van der Waals surface area contributed by atoms with Crippen LogP contribution in [0.3, 0.4) is 0 Å². The Bertz CT molecular complexity index is 452. The summed E-state index contributed by atoms with van der Waals surface area (Å²) in [5.41, 5.74) is 2.85. The molecule has 17 heavy (non-hydrogen) atoms. The number of rotatable bonds is 2. The summed E-state index contributed by atoms with van der Waals surface area (Å²) in [6.07, 6.45) is 1.43. The summed E-state index contributed by atoms with van der Waals surface area (Å²) in [5.74, 6) is 0.894. The van der Waals surface area contributed by atoms with Gasteiger partial charge in [0.2, 0.25) is 6.79 Å². The molecule has 1 aliphatic rings. The Labute approximate surface area is 97.7 Å². The van der Waals surface area contributed by atoms with E-state index < -0.39 is 4.92 Å². The summed E-state index contributed by atoms with van der Waals surface area (Å²) in [6.45, 7) is 3.47. The van der Waals surface area contributed by atoms with Crippen LogP contribution < -0.4 is 21.8 Å². The number of nitro benzene ring substituents is 1. The van der Waals surface area contributed by atoms with Gasteiger partial charge in [0.1, 0.15) is 0 Å². The summed E-state index contributed by atoms with van der Waals surface area (Å²) in [7, 11) is 0. The molecular formula is C10H13N3O4. The van der Waals surface area contributed by atoms with Gasteiger partial charge in [0, 0.05) is 0 Å². The molecule has 0 bridgehead atoms. The van der Waals surface area contributed by atoms with Crippen molar-refractivity contribution in [2.24, 2.45) is 0 Å². The molecule has 1 heterocycles. The first-order valence-electron chi connectivity index (χ1n) is 4.16. The van der Waals surface area contributed by atoms with Crippen LogP contribution >= 0.6 is 0 Å². The second kappa shape index (κ2) is 5.66. The van der Waals surface area contributed by atoms with Gasteiger partial charge in [0.25, 0.3) is 5.69 Å². The van der Waals surface area contributed by atoms with E-state index in [1.165, 1.54) is 12.1 Å². The molecule has 0 radical (unpaired) electrons. The average Bonchev–Trinajstić information content (AvgIpc) is 2.63. The largest absolute Gasteiger partial charge is 0.454 e. The quantitative estimate of drug-likeness (QED) is 0.462. The zero-order valence-electron chi connectivity index (χ0n) is 9.14. The van der Waals surface area contributed by atoms with Crippen LogP contribution in [0.5, 0.6) is 11.5 Å². The lowest BCUT2D eigenvalue weighted by molar-refractivity contribution is -0.385. The molecule has 2 rings (SSSR count). The van der Waals surface area contributed by atoms with Gasteiger partial charge in [-0.25, -0.2) is 0 Å². The number of nitro groups is 1. The zero-order valence-corrected chi connectivity index (χ0v) is 9.14. The van der Waals surface area contributed by atoms with Crippen molar-refractivity contribution in [1.82, 2.24) is 12.3 Å². The van der Waals surface area contributed by atoms with E-state index in [0.29, 0.717) is 17.1 Å². The number of benzene rings is 1. The van der Waals surface area contributed by atoms with Crippen LogP contribution in [0.15, 0.2) is 24.4 Å². The predicted octanol–water partition coefficient (Wildman–Crippen LogP) is 2.45. The number of fused-ring (bicyclic) bond motifs is 1. The molecule has 0 aromatic heterocycles. The minimum absolute atomic E-state index is 0. The standard InChI is InChI=1S/C10H7NO4.2H3N/c1-2-3-7-4-9-10(15-6-14-9)5-8(7)11(12)13;;/h3-5H,1,6H2;2*1H3. The minimum Gasteiger partial charge on any atom is -0.454 e. The van der Waals surface area contributed by atoms with Crippen LogP contribution in [0.2, 0.25) is 0 Å². The monoisotopic (exact) mass is 239 g/mol. The fourth-order valence-electron chi connectivity index (χ4n) is 1.33. The Morgan fingerprint density at radius 2 is 1.94 bits per heavy atom. The fraction of sp³-hybridized carbons (Fsp3) is 0.100. The first kappa shape index (κ1) is 14.7. The fourth-order valence-corrected chi connectivity index (χ4v) is 1.33. The molecule has 0 spiro atoms. The van der Waals surface area contributed by atoms with Crippen molar-refractivity contribution >= 4 is 11.8 Å². The Hall–Kier alpha value is -2.34.